The third kappa shape index (κ3) is 2.97. The van der Waals surface area contributed by atoms with Gasteiger partial charge in [0.25, 0.3) is 5.89 Å². The highest BCUT2D eigenvalue weighted by Gasteiger charge is 2.09. The average molecular weight is 253 g/mol. The van der Waals surface area contributed by atoms with Gasteiger partial charge in [-0.15, -0.1) is 11.6 Å². The molecule has 0 spiro atoms. The van der Waals surface area contributed by atoms with Gasteiger partial charge >= 0.3 is 0 Å². The topological polar surface area (TPSA) is 48.2 Å². The summed E-state index contributed by atoms with van der Waals surface area (Å²) in [6, 6.07) is 7.53. The maximum absolute atomic E-state index is 5.62. The van der Waals surface area contributed by atoms with Crippen molar-refractivity contribution in [3.8, 4) is 17.2 Å². The molecular formula is C12H13ClN2O2. The fourth-order valence-electron chi connectivity index (χ4n) is 1.40. The van der Waals surface area contributed by atoms with Gasteiger partial charge in [-0.05, 0) is 32.0 Å². The smallest absolute Gasteiger partial charge is 0.258 e. The van der Waals surface area contributed by atoms with Gasteiger partial charge in [0.1, 0.15) is 5.75 Å². The Balaban J connectivity index is 2.26. The van der Waals surface area contributed by atoms with Crippen LogP contribution in [0.15, 0.2) is 28.8 Å². The van der Waals surface area contributed by atoms with Gasteiger partial charge in [-0.2, -0.15) is 4.98 Å². The van der Waals surface area contributed by atoms with Gasteiger partial charge in [-0.1, -0.05) is 11.2 Å². The third-order valence-electron chi connectivity index (χ3n) is 2.04. The molecule has 0 fully saturated rings. The molecule has 2 aromatic rings. The number of aromatic nitrogens is 2. The van der Waals surface area contributed by atoms with Crippen LogP contribution in [0.25, 0.3) is 11.5 Å². The van der Waals surface area contributed by atoms with Crippen LogP contribution >= 0.6 is 11.6 Å². The zero-order valence-corrected chi connectivity index (χ0v) is 10.4. The monoisotopic (exact) mass is 252 g/mol. The van der Waals surface area contributed by atoms with Crippen LogP contribution in [0.1, 0.15) is 19.7 Å². The molecule has 0 radical (unpaired) electrons. The highest BCUT2D eigenvalue weighted by atomic mass is 35.5. The molecule has 1 aromatic heterocycles. The summed E-state index contributed by atoms with van der Waals surface area (Å²) in [7, 11) is 0. The maximum Gasteiger partial charge on any atom is 0.258 e. The predicted molar refractivity (Wildman–Crippen MR) is 65.1 cm³/mol. The average Bonchev–Trinajstić information content (AvgIpc) is 2.77. The van der Waals surface area contributed by atoms with Crippen LogP contribution in [-0.2, 0) is 5.88 Å². The Morgan fingerprint density at radius 2 is 2.24 bits per heavy atom. The van der Waals surface area contributed by atoms with E-state index in [2.05, 4.69) is 10.1 Å². The van der Waals surface area contributed by atoms with Crippen molar-refractivity contribution in [1.29, 1.82) is 0 Å². The molecule has 0 bridgehead atoms. The molecule has 0 saturated carbocycles. The summed E-state index contributed by atoms with van der Waals surface area (Å²) in [5.41, 5.74) is 0.826. The lowest BCUT2D eigenvalue weighted by atomic mass is 10.2. The molecule has 0 saturated heterocycles. The third-order valence-corrected chi connectivity index (χ3v) is 2.28. The Morgan fingerprint density at radius 3 is 2.88 bits per heavy atom. The van der Waals surface area contributed by atoms with E-state index in [1.54, 1.807) is 0 Å². The Hall–Kier alpha value is -1.55. The van der Waals surface area contributed by atoms with E-state index in [4.69, 9.17) is 20.9 Å². The molecule has 0 aliphatic heterocycles. The first-order valence-electron chi connectivity index (χ1n) is 5.34. The van der Waals surface area contributed by atoms with E-state index in [1.807, 2.05) is 38.1 Å². The van der Waals surface area contributed by atoms with Crippen molar-refractivity contribution in [3.05, 3.63) is 30.1 Å². The number of hydrogen-bond acceptors (Lipinski definition) is 4. The molecule has 0 aliphatic carbocycles. The Morgan fingerprint density at radius 1 is 1.41 bits per heavy atom. The quantitative estimate of drug-likeness (QED) is 0.784. The molecule has 90 valence electrons. The summed E-state index contributed by atoms with van der Waals surface area (Å²) in [5, 5.41) is 3.74. The van der Waals surface area contributed by atoms with Crippen molar-refractivity contribution in [2.75, 3.05) is 0 Å². The molecule has 1 aromatic carbocycles. The minimum absolute atomic E-state index is 0.131. The Bertz CT molecular complexity index is 497. The van der Waals surface area contributed by atoms with E-state index in [0.717, 1.165) is 11.3 Å². The van der Waals surface area contributed by atoms with Crippen molar-refractivity contribution in [2.24, 2.45) is 0 Å². The van der Waals surface area contributed by atoms with Crippen molar-refractivity contribution < 1.29 is 9.26 Å². The van der Waals surface area contributed by atoms with Crippen molar-refractivity contribution in [1.82, 2.24) is 10.1 Å². The molecule has 0 amide bonds. The second kappa shape index (κ2) is 5.19. The van der Waals surface area contributed by atoms with Gasteiger partial charge in [-0.25, -0.2) is 0 Å². The van der Waals surface area contributed by atoms with Crippen LogP contribution in [0.3, 0.4) is 0 Å². The zero-order valence-electron chi connectivity index (χ0n) is 9.68. The van der Waals surface area contributed by atoms with Crippen LogP contribution in [0.5, 0.6) is 5.75 Å². The molecular weight excluding hydrogens is 240 g/mol. The summed E-state index contributed by atoms with van der Waals surface area (Å²) in [6.07, 6.45) is 0.131. The minimum Gasteiger partial charge on any atom is -0.491 e. The summed E-state index contributed by atoms with van der Waals surface area (Å²) in [6.45, 7) is 3.95. The highest BCUT2D eigenvalue weighted by molar-refractivity contribution is 6.16. The molecule has 0 N–H and O–H groups in total. The molecule has 0 unspecified atom stereocenters. The van der Waals surface area contributed by atoms with Crippen molar-refractivity contribution in [3.63, 3.8) is 0 Å². The van der Waals surface area contributed by atoms with Gasteiger partial charge in [0, 0.05) is 5.56 Å². The maximum atomic E-state index is 5.62. The summed E-state index contributed by atoms with van der Waals surface area (Å²) >= 11 is 5.62. The van der Waals surface area contributed by atoms with Gasteiger partial charge in [0.15, 0.2) is 5.82 Å². The van der Waals surface area contributed by atoms with Crippen LogP contribution in [0, 0.1) is 0 Å². The molecule has 17 heavy (non-hydrogen) atoms. The van der Waals surface area contributed by atoms with E-state index in [-0.39, 0.29) is 12.0 Å². The minimum atomic E-state index is 0.131. The highest BCUT2D eigenvalue weighted by Crippen LogP contribution is 2.23. The second-order valence-electron chi connectivity index (χ2n) is 3.84. The largest absolute Gasteiger partial charge is 0.491 e. The standard InChI is InChI=1S/C12H13ClN2O2/c1-8(2)16-10-5-3-4-9(6-10)12-14-11(7-13)15-17-12/h3-6,8H,7H2,1-2H3. The molecule has 1 heterocycles. The van der Waals surface area contributed by atoms with Gasteiger partial charge in [-0.3, -0.25) is 0 Å². The van der Waals surface area contributed by atoms with Crippen LogP contribution in [-0.4, -0.2) is 16.2 Å². The fourth-order valence-corrected chi connectivity index (χ4v) is 1.51. The van der Waals surface area contributed by atoms with Crippen molar-refractivity contribution in [2.45, 2.75) is 25.8 Å². The fraction of sp³-hybridized carbons (Fsp3) is 0.333. The van der Waals surface area contributed by atoms with E-state index in [9.17, 15) is 0 Å². The van der Waals surface area contributed by atoms with E-state index in [0.29, 0.717) is 11.7 Å². The first kappa shape index (κ1) is 11.9. The SMILES string of the molecule is CC(C)Oc1cccc(-c2nc(CCl)no2)c1. The molecule has 4 nitrogen and oxygen atoms in total. The molecule has 0 atom stereocenters. The van der Waals surface area contributed by atoms with Gasteiger partial charge in [0.05, 0.1) is 12.0 Å². The summed E-state index contributed by atoms with van der Waals surface area (Å²) in [5.74, 6) is 1.96. The summed E-state index contributed by atoms with van der Waals surface area (Å²) in [4.78, 5) is 4.15. The number of hydrogen-bond donors (Lipinski definition) is 0. The molecule has 0 aliphatic rings. The number of halogens is 1. The van der Waals surface area contributed by atoms with E-state index < -0.39 is 0 Å². The van der Waals surface area contributed by atoms with Crippen LogP contribution in [0.4, 0.5) is 0 Å². The number of alkyl halides is 1. The lowest BCUT2D eigenvalue weighted by Gasteiger charge is -2.09. The summed E-state index contributed by atoms with van der Waals surface area (Å²) < 4.78 is 10.7. The lowest BCUT2D eigenvalue weighted by molar-refractivity contribution is 0.242. The number of rotatable bonds is 4. The van der Waals surface area contributed by atoms with E-state index in [1.165, 1.54) is 0 Å². The van der Waals surface area contributed by atoms with Crippen LogP contribution < -0.4 is 4.74 Å². The Labute approximate surface area is 105 Å². The second-order valence-corrected chi connectivity index (χ2v) is 4.11. The first-order chi connectivity index (χ1) is 8.19. The first-order valence-corrected chi connectivity index (χ1v) is 5.88. The normalized spacial score (nSPS) is 10.8. The lowest BCUT2D eigenvalue weighted by Crippen LogP contribution is -2.05. The van der Waals surface area contributed by atoms with E-state index >= 15 is 0 Å². The van der Waals surface area contributed by atoms with Gasteiger partial charge in [0.2, 0.25) is 0 Å². The number of ether oxygens (including phenoxy) is 1. The zero-order chi connectivity index (χ0) is 12.3. The molecule has 5 heteroatoms. The number of benzene rings is 1. The van der Waals surface area contributed by atoms with Gasteiger partial charge < -0.3 is 9.26 Å². The number of nitrogens with zero attached hydrogens (tertiary/aromatic N) is 2. The molecule has 2 rings (SSSR count). The van der Waals surface area contributed by atoms with Crippen LogP contribution in [0.2, 0.25) is 0 Å². The predicted octanol–water partition coefficient (Wildman–Crippen LogP) is 3.26. The Kier molecular flexibility index (Phi) is 3.64. The van der Waals surface area contributed by atoms with Crippen molar-refractivity contribution >= 4 is 11.6 Å².